The quantitative estimate of drug-likeness (QED) is 0.0355. The minimum absolute atomic E-state index is 0. The first-order valence-electron chi connectivity index (χ1n) is 34.6. The molecule has 14 rings (SSSR count). The predicted molar refractivity (Wildman–Crippen MR) is 411 cm³/mol. The molecule has 26 heteroatoms. The average molecular weight is 1570 g/mol. The summed E-state index contributed by atoms with van der Waals surface area (Å²) in [4.78, 5) is 52.1. The Morgan fingerprint density at radius 1 is 0.500 bits per heavy atom. The smallest absolute Gasteiger partial charge is 0.428 e. The molecule has 4 bridgehead atoms. The van der Waals surface area contributed by atoms with Crippen molar-refractivity contribution in [2.24, 2.45) is 23.2 Å². The van der Waals surface area contributed by atoms with E-state index in [1.54, 1.807) is 0 Å². The van der Waals surface area contributed by atoms with Gasteiger partial charge in [0.25, 0.3) is 0 Å². The van der Waals surface area contributed by atoms with Crippen molar-refractivity contribution in [3.05, 3.63) is 198 Å². The van der Waals surface area contributed by atoms with Crippen LogP contribution in [0.5, 0.6) is 0 Å². The van der Waals surface area contributed by atoms with E-state index in [1.807, 2.05) is 60.7 Å². The van der Waals surface area contributed by atoms with Crippen LogP contribution in [0.25, 0.3) is 0 Å². The van der Waals surface area contributed by atoms with Crippen LogP contribution in [0.15, 0.2) is 191 Å². The summed E-state index contributed by atoms with van der Waals surface area (Å²) in [5.74, 6) is 8.66. The van der Waals surface area contributed by atoms with Gasteiger partial charge in [0.05, 0.1) is 77.4 Å². The lowest BCUT2D eigenvalue weighted by Gasteiger charge is -2.56. The van der Waals surface area contributed by atoms with E-state index >= 15 is 0 Å². The van der Waals surface area contributed by atoms with Gasteiger partial charge in [-0.1, -0.05) is 166 Å². The van der Waals surface area contributed by atoms with Crippen LogP contribution >= 0.6 is 0 Å². The normalized spacial score (nSPS) is 20.6. The average Bonchev–Trinajstić information content (AvgIpc) is 0.750. The zero-order chi connectivity index (χ0) is 74.7. The lowest BCUT2D eigenvalue weighted by Crippen LogP contribution is -2.49. The summed E-state index contributed by atoms with van der Waals surface area (Å²) in [6, 6.07) is 59.8. The number of Topliss-reactive ketones (excluding diaryl/α,β-unsaturated/α-hetero) is 3. The van der Waals surface area contributed by atoms with Crippen molar-refractivity contribution in [2.45, 2.75) is 123 Å². The van der Waals surface area contributed by atoms with Crippen LogP contribution < -0.4 is 0 Å². The Morgan fingerprint density at radius 2 is 0.827 bits per heavy atom. The monoisotopic (exact) mass is 1570 g/mol. The van der Waals surface area contributed by atoms with Crippen LogP contribution in [-0.4, -0.2) is 177 Å². The maximum absolute atomic E-state index is 13.1. The standard InChI is InChI=1S/C20H29O2S.C18H15S.C13H18F2O5S.2C12H15O2S.2CH4O3S.CH4/c1-20(2,23-14-12-22-13-15-23)19(21)18-10-8-17(9-11-18)16-6-4-3-5-7-16;1-4-10-16(11-5-1)19(17-12-6-2-7-13-17)18-14-8-3-9-15-18;14-13(15,21(17,18)19)11(16)20-7-12-4-8-1-9(5-12)3-10(2-8)6-12;2*13-12(11-4-2-1-3-5-11)10-15-8-6-14-7-9-15;2*1-5(2,3)4;/h8-11,16H,3-7,12-15H2,1-2H3;1-15H;8-10H,1-7H2,(H,17,18,19);2*1-5H,6-10H2;2*1H3,(H,2,3,4);1H4/q2*+1;;2*+1;;;/p-3. The van der Waals surface area contributed by atoms with Gasteiger partial charge in [-0.15, -0.1) is 0 Å². The lowest BCUT2D eigenvalue weighted by atomic mass is 9.50. The van der Waals surface area contributed by atoms with Gasteiger partial charge >= 0.3 is 11.2 Å². The summed E-state index contributed by atoms with van der Waals surface area (Å²) < 4.78 is 132. The Kier molecular flexibility index (Phi) is 35.7. The SMILES string of the molecule is C.CC(C)(C(=O)c1ccc(C2CCCCC2)cc1)[S+]1CCOCC1.CS(=O)(=O)[O-].CS(=O)(=O)[O-].O=C(C[S+]1CCOCC1)c1ccccc1.O=C(C[S+]1CCOCC1)c1ccccc1.O=C(OCC12CC3CC(CC(C3)C1)C2)C(F)(F)S(=O)(=O)[O-].c1ccc([S+](c2ccccc2)c2ccccc2)cc1. The second kappa shape index (κ2) is 42.4. The van der Waals surface area contributed by atoms with Crippen LogP contribution in [-0.2, 0) is 97.7 Å². The number of carbonyl (C=O) groups excluding carboxylic acids is 4. The minimum Gasteiger partial charge on any atom is -0.748 e. The third kappa shape index (κ3) is 29.7. The van der Waals surface area contributed by atoms with Crippen molar-refractivity contribution < 1.29 is 85.8 Å². The maximum Gasteiger partial charge on any atom is 0.428 e. The first-order chi connectivity index (χ1) is 48.9. The molecule has 0 amide bonds. The van der Waals surface area contributed by atoms with Crippen molar-refractivity contribution in [1.82, 2.24) is 0 Å². The van der Waals surface area contributed by atoms with E-state index in [4.69, 9.17) is 40.2 Å². The molecule has 8 fully saturated rings. The van der Waals surface area contributed by atoms with Crippen LogP contribution in [0.4, 0.5) is 8.78 Å². The molecule has 3 heterocycles. The number of ether oxygens (including phenoxy) is 4. The van der Waals surface area contributed by atoms with Gasteiger partial charge in [-0.25, -0.2) is 30.0 Å². The van der Waals surface area contributed by atoms with E-state index in [2.05, 4.69) is 134 Å². The summed E-state index contributed by atoms with van der Waals surface area (Å²) in [6.45, 7) is 8.95. The molecule has 6 aromatic rings. The lowest BCUT2D eigenvalue weighted by molar-refractivity contribution is -0.172. The molecule has 0 radical (unpaired) electrons. The van der Waals surface area contributed by atoms with Gasteiger partial charge in [0.2, 0.25) is 17.3 Å². The second-order valence-electron chi connectivity index (χ2n) is 27.1. The van der Waals surface area contributed by atoms with Gasteiger partial charge in [0.1, 0.15) is 34.5 Å². The molecule has 0 spiro atoms. The molecular weight excluding hydrogens is 1470 g/mol. The number of rotatable bonds is 17. The fourth-order valence-electron chi connectivity index (χ4n) is 14.0. The Balaban J connectivity index is 0.000000198. The second-order valence-corrected chi connectivity index (χ2v) is 40.8. The molecule has 0 atom stereocenters. The summed E-state index contributed by atoms with van der Waals surface area (Å²) in [5.41, 5.74) is 3.70. The molecule has 570 valence electrons. The Bertz CT molecular complexity index is 3670. The largest absolute Gasteiger partial charge is 0.748 e. The predicted octanol–water partition coefficient (Wildman–Crippen LogP) is 13.0. The summed E-state index contributed by atoms with van der Waals surface area (Å²) in [6.07, 6.45) is 13.9. The highest BCUT2D eigenvalue weighted by molar-refractivity contribution is 7.99. The van der Waals surface area contributed by atoms with Gasteiger partial charge in [0, 0.05) is 67.3 Å². The summed E-state index contributed by atoms with van der Waals surface area (Å²) in [5, 5.41) is -5.00. The Hall–Kier alpha value is -5.33. The molecule has 8 aliphatic rings. The highest BCUT2D eigenvalue weighted by Gasteiger charge is 2.54. The number of halogens is 2. The van der Waals surface area contributed by atoms with Crippen LogP contribution in [0.2, 0.25) is 0 Å². The Labute approximate surface area is 627 Å². The first-order valence-corrected chi connectivity index (χ1v) is 45.9. The van der Waals surface area contributed by atoms with Crippen molar-refractivity contribution in [2.75, 3.05) is 105 Å². The van der Waals surface area contributed by atoms with Gasteiger partial charge in [-0.2, -0.15) is 8.78 Å². The number of benzene rings is 6. The number of esters is 1. The zero-order valence-electron chi connectivity index (χ0n) is 59.0. The number of hydrogen-bond acceptors (Lipinski definition) is 17. The van der Waals surface area contributed by atoms with Crippen LogP contribution in [0.3, 0.4) is 0 Å². The molecule has 104 heavy (non-hydrogen) atoms. The molecule has 0 N–H and O–H groups in total. The van der Waals surface area contributed by atoms with Crippen LogP contribution in [0, 0.1) is 23.2 Å². The summed E-state index contributed by atoms with van der Waals surface area (Å²) >= 11 is 0. The van der Waals surface area contributed by atoms with Crippen molar-refractivity contribution in [3.8, 4) is 0 Å². The zero-order valence-corrected chi connectivity index (χ0v) is 64.7. The third-order valence-electron chi connectivity index (χ3n) is 18.6. The molecule has 3 saturated heterocycles. The fourth-order valence-corrected chi connectivity index (χ4v) is 22.1. The molecular formula is C78H101F2O17S7+. The van der Waals surface area contributed by atoms with Gasteiger partial charge in [0.15, 0.2) is 41.1 Å². The van der Waals surface area contributed by atoms with Crippen molar-refractivity contribution in [3.63, 3.8) is 0 Å². The molecule has 0 aromatic heterocycles. The topological polar surface area (TPSA) is 277 Å². The highest BCUT2D eigenvalue weighted by atomic mass is 32.2. The van der Waals surface area contributed by atoms with Crippen molar-refractivity contribution in [1.29, 1.82) is 0 Å². The number of ketones is 3. The maximum atomic E-state index is 13.1. The van der Waals surface area contributed by atoms with E-state index in [0.717, 1.165) is 129 Å². The van der Waals surface area contributed by atoms with E-state index in [-0.39, 0.29) is 79.3 Å². The minimum atomic E-state index is -6.04. The molecule has 3 aliphatic heterocycles. The first kappa shape index (κ1) is 87.6. The van der Waals surface area contributed by atoms with Crippen molar-refractivity contribution >= 4 is 97.3 Å². The molecule has 0 unspecified atom stereocenters. The van der Waals surface area contributed by atoms with Gasteiger partial charge < -0.3 is 32.6 Å². The van der Waals surface area contributed by atoms with E-state index in [1.165, 1.54) is 52.4 Å². The van der Waals surface area contributed by atoms with E-state index in [9.17, 15) is 40.9 Å². The number of carbonyl (C=O) groups is 4. The highest BCUT2D eigenvalue weighted by Crippen LogP contribution is 2.60. The van der Waals surface area contributed by atoms with Crippen LogP contribution in [0.1, 0.15) is 134 Å². The molecule has 6 aromatic carbocycles. The molecule has 5 saturated carbocycles. The Morgan fingerprint density at radius 3 is 1.16 bits per heavy atom. The van der Waals surface area contributed by atoms with Gasteiger partial charge in [-0.05, 0) is 131 Å². The molecule has 17 nitrogen and oxygen atoms in total. The van der Waals surface area contributed by atoms with Gasteiger partial charge in [-0.3, -0.25) is 14.4 Å². The third-order valence-corrected chi connectivity index (χ3v) is 28.8. The van der Waals surface area contributed by atoms with E-state index in [0.29, 0.717) is 53.5 Å². The summed E-state index contributed by atoms with van der Waals surface area (Å²) in [7, 11) is -13.3. The number of alkyl halides is 2. The molecule has 5 aliphatic carbocycles. The fraction of sp³-hybridized carbons (Fsp3) is 0.487. The number of hydrogen-bond donors (Lipinski definition) is 0. The van der Waals surface area contributed by atoms with E-state index < -0.39 is 41.6 Å².